The molecule has 3 heterocycles. The van der Waals surface area contributed by atoms with Crippen molar-refractivity contribution in [3.8, 4) is 0 Å². The number of amides is 6. The van der Waals surface area contributed by atoms with Crippen molar-refractivity contribution in [3.05, 3.63) is 99.3 Å². The smallest absolute Gasteiger partial charge is 0.410 e. The minimum atomic E-state index is -4.24. The normalized spacial score (nSPS) is 15.5. The highest BCUT2D eigenvalue weighted by atomic mass is 35.5. The third-order valence-electron chi connectivity index (χ3n) is 11.6. The van der Waals surface area contributed by atoms with E-state index in [-0.39, 0.29) is 83.4 Å². The summed E-state index contributed by atoms with van der Waals surface area (Å²) in [6, 6.07) is 20.0. The van der Waals surface area contributed by atoms with E-state index in [2.05, 4.69) is 15.4 Å². The van der Waals surface area contributed by atoms with Crippen LogP contribution in [0, 0.1) is 11.8 Å². The number of piperazine rings is 2. The van der Waals surface area contributed by atoms with E-state index in [9.17, 15) is 42.3 Å². The third-order valence-corrected chi connectivity index (χ3v) is 14.9. The number of hydrogen-bond acceptors (Lipinski definition) is 12. The van der Waals surface area contributed by atoms with Gasteiger partial charge in [0.15, 0.2) is 0 Å². The van der Waals surface area contributed by atoms with Gasteiger partial charge in [-0.2, -0.15) is 4.72 Å². The zero-order chi connectivity index (χ0) is 53.6. The number of fused-ring (bicyclic) bond motifs is 1. The number of carbonyl (C=O) groups excluding carboxylic acids is 6. The van der Waals surface area contributed by atoms with Crippen LogP contribution in [0.2, 0.25) is 10.0 Å². The van der Waals surface area contributed by atoms with Crippen molar-refractivity contribution in [3.63, 3.8) is 0 Å². The molecule has 0 aliphatic carbocycles. The summed E-state index contributed by atoms with van der Waals surface area (Å²) in [6.07, 6.45) is -0.0376. The quantitative estimate of drug-likeness (QED) is 0.0917. The highest BCUT2D eigenvalue weighted by molar-refractivity contribution is 7.89. The summed E-state index contributed by atoms with van der Waals surface area (Å²) in [5.74, 6) is -0.994. The van der Waals surface area contributed by atoms with Gasteiger partial charge in [-0.15, -0.1) is 11.3 Å². The van der Waals surface area contributed by atoms with Crippen molar-refractivity contribution >= 4 is 90.5 Å². The van der Waals surface area contributed by atoms with Crippen molar-refractivity contribution in [1.82, 2.24) is 35.0 Å². The molecule has 2 aliphatic rings. The molecular formula is C51H67Cl2N7O11S2. The van der Waals surface area contributed by atoms with Crippen LogP contribution in [-0.4, -0.2) is 152 Å². The Morgan fingerprint density at radius 1 is 0.685 bits per heavy atom. The highest BCUT2D eigenvalue weighted by Gasteiger charge is 2.36. The van der Waals surface area contributed by atoms with E-state index in [1.54, 1.807) is 35.5 Å². The number of ether oxygens (including phenoxy) is 2. The molecule has 0 unspecified atom stereocenters. The Balaban J connectivity index is 0.000000284. The predicted molar refractivity (Wildman–Crippen MR) is 281 cm³/mol. The Morgan fingerprint density at radius 2 is 1.19 bits per heavy atom. The number of halogens is 2. The van der Waals surface area contributed by atoms with Crippen LogP contribution >= 0.6 is 34.5 Å². The number of sulfonamides is 1. The summed E-state index contributed by atoms with van der Waals surface area (Å²) < 4.78 is 39.6. The minimum Gasteiger partial charge on any atom is -0.445 e. The standard InChI is InChI=1S/C28H32Cl2N4O6S2.C23H35N3O5/c1-17(2)13-21(31-26(36)24-14-18-5-3-4-6-23(18)41-24)27(37)33-9-11-34(12-10-33)28(38)22(16-35)32-42(39,40)25-8-7-19(29)15-20(25)30;1-17(2)15-19(24-21(28)31-23(3,4)5)20(27)25-11-13-26(14-12-25)22(29)30-16-18-9-7-6-8-10-18/h3-8,14-15,17,21-22,32,35H,9-13,16H2,1-2H3,(H,31,36);6-10,17,19H,11-16H2,1-5H3,(H,24,28)/t21-,22-;19-/m00/s1. The third kappa shape index (κ3) is 17.6. The Bertz CT molecular complexity index is 2620. The summed E-state index contributed by atoms with van der Waals surface area (Å²) in [5.41, 5.74) is 0.288. The maximum absolute atomic E-state index is 13.5. The van der Waals surface area contributed by atoms with E-state index in [0.29, 0.717) is 43.9 Å². The van der Waals surface area contributed by atoms with Gasteiger partial charge in [0.2, 0.25) is 27.7 Å². The molecule has 22 heteroatoms. The molecule has 0 radical (unpaired) electrons. The maximum atomic E-state index is 13.5. The van der Waals surface area contributed by atoms with Crippen LogP contribution in [0.25, 0.3) is 10.1 Å². The topological polar surface area (TPSA) is 224 Å². The van der Waals surface area contributed by atoms with Gasteiger partial charge in [0.05, 0.1) is 16.5 Å². The van der Waals surface area contributed by atoms with Crippen LogP contribution in [0.3, 0.4) is 0 Å². The molecule has 18 nitrogen and oxygen atoms in total. The lowest BCUT2D eigenvalue weighted by Gasteiger charge is -2.38. The minimum absolute atomic E-state index is 0.123. The lowest BCUT2D eigenvalue weighted by Crippen LogP contribution is -2.59. The molecule has 2 fully saturated rings. The zero-order valence-corrected chi connectivity index (χ0v) is 45.4. The number of carbonyl (C=O) groups is 6. The average molecular weight is 1090 g/mol. The molecule has 0 saturated carbocycles. The van der Waals surface area contributed by atoms with Gasteiger partial charge in [0, 0.05) is 62.1 Å². The van der Waals surface area contributed by atoms with Crippen LogP contribution in [0.1, 0.15) is 76.5 Å². The summed E-state index contributed by atoms with van der Waals surface area (Å²) >= 11 is 13.2. The molecule has 4 aromatic rings. The van der Waals surface area contributed by atoms with E-state index in [1.807, 2.05) is 88.4 Å². The molecule has 0 bridgehead atoms. The molecule has 2 saturated heterocycles. The second kappa shape index (κ2) is 26.6. The van der Waals surface area contributed by atoms with Gasteiger partial charge < -0.3 is 44.8 Å². The molecule has 1 aromatic heterocycles. The number of nitrogens with one attached hydrogen (secondary N) is 3. The number of benzene rings is 3. The van der Waals surface area contributed by atoms with E-state index >= 15 is 0 Å². The summed E-state index contributed by atoms with van der Waals surface area (Å²) in [5, 5.41) is 16.5. The lowest BCUT2D eigenvalue weighted by molar-refractivity contribution is -0.142. The van der Waals surface area contributed by atoms with Crippen LogP contribution in [0.4, 0.5) is 9.59 Å². The number of nitrogens with zero attached hydrogens (tertiary/aromatic N) is 4. The molecule has 3 atom stereocenters. The van der Waals surface area contributed by atoms with Crippen molar-refractivity contribution in [1.29, 1.82) is 0 Å². The number of rotatable bonds is 16. The molecule has 6 rings (SSSR count). The summed E-state index contributed by atoms with van der Waals surface area (Å²) in [4.78, 5) is 83.8. The second-order valence-electron chi connectivity index (χ2n) is 19.6. The molecular weight excluding hydrogens is 1020 g/mol. The van der Waals surface area contributed by atoms with Gasteiger partial charge in [-0.05, 0) is 86.7 Å². The summed E-state index contributed by atoms with van der Waals surface area (Å²) in [7, 11) is -4.24. The number of alkyl carbamates (subject to hydrolysis) is 1. The molecule has 4 N–H and O–H groups in total. The van der Waals surface area contributed by atoms with Gasteiger partial charge >= 0.3 is 12.2 Å². The van der Waals surface area contributed by atoms with Gasteiger partial charge in [-0.25, -0.2) is 18.0 Å². The fourth-order valence-corrected chi connectivity index (χ4v) is 10.9. The van der Waals surface area contributed by atoms with Gasteiger partial charge in [0.25, 0.3) is 5.91 Å². The SMILES string of the molecule is CC(C)C[C@H](NC(=O)OC(C)(C)C)C(=O)N1CCN(C(=O)OCc2ccccc2)CC1.CC(C)C[C@H](NC(=O)c1cc2ccccc2s1)C(=O)N1CCN(C(=O)[C@H](CO)NS(=O)(=O)c2ccc(Cl)cc2Cl)CC1. The number of hydrogen-bond donors (Lipinski definition) is 4. The van der Waals surface area contributed by atoms with Gasteiger partial charge in [0.1, 0.15) is 35.2 Å². The van der Waals surface area contributed by atoms with Crippen LogP contribution < -0.4 is 15.4 Å². The van der Waals surface area contributed by atoms with Gasteiger partial charge in [-0.3, -0.25) is 19.2 Å². The Kier molecular flexibility index (Phi) is 21.3. The summed E-state index contributed by atoms with van der Waals surface area (Å²) in [6.45, 7) is 14.9. The predicted octanol–water partition coefficient (Wildman–Crippen LogP) is 6.77. The fraction of sp³-hybridized carbons (Fsp3) is 0.490. The number of thiophene rings is 1. The van der Waals surface area contributed by atoms with E-state index in [0.717, 1.165) is 15.6 Å². The highest BCUT2D eigenvalue weighted by Crippen LogP contribution is 2.27. The number of aliphatic hydroxyl groups is 1. The van der Waals surface area contributed by atoms with Crippen molar-refractivity contribution in [2.45, 2.75) is 96.5 Å². The lowest BCUT2D eigenvalue weighted by atomic mass is 10.0. The molecule has 398 valence electrons. The van der Waals surface area contributed by atoms with Crippen LogP contribution in [-0.2, 0) is 40.5 Å². The first-order chi connectivity index (χ1) is 34.4. The zero-order valence-electron chi connectivity index (χ0n) is 42.3. The molecule has 73 heavy (non-hydrogen) atoms. The Hall–Kier alpha value is -5.51. The first kappa shape index (κ1) is 58.4. The van der Waals surface area contributed by atoms with Gasteiger partial charge in [-0.1, -0.05) is 99.4 Å². The van der Waals surface area contributed by atoms with Crippen molar-refractivity contribution in [2.75, 3.05) is 59.0 Å². The van der Waals surface area contributed by atoms with E-state index in [1.165, 1.54) is 34.4 Å². The molecule has 3 aromatic carbocycles. The largest absolute Gasteiger partial charge is 0.445 e. The van der Waals surface area contributed by atoms with Crippen molar-refractivity contribution in [2.24, 2.45) is 11.8 Å². The maximum Gasteiger partial charge on any atom is 0.410 e. The van der Waals surface area contributed by atoms with Crippen LogP contribution in [0.5, 0.6) is 0 Å². The first-order valence-electron chi connectivity index (χ1n) is 24.1. The second-order valence-corrected chi connectivity index (χ2v) is 23.2. The average Bonchev–Trinajstić information content (AvgIpc) is 3.78. The van der Waals surface area contributed by atoms with E-state index < -0.39 is 52.4 Å². The molecule has 0 spiro atoms. The van der Waals surface area contributed by atoms with Crippen LogP contribution in [0.15, 0.2) is 83.8 Å². The van der Waals surface area contributed by atoms with Crippen molar-refractivity contribution < 1.29 is 51.8 Å². The Morgan fingerprint density at radius 3 is 1.70 bits per heavy atom. The molecule has 2 aliphatic heterocycles. The van der Waals surface area contributed by atoms with E-state index in [4.69, 9.17) is 32.7 Å². The Labute approximate surface area is 441 Å². The first-order valence-corrected chi connectivity index (χ1v) is 27.2. The molecule has 6 amide bonds. The fourth-order valence-electron chi connectivity index (χ4n) is 8.00. The monoisotopic (exact) mass is 1090 g/mol. The number of aliphatic hydroxyl groups excluding tert-OH is 1.